The van der Waals surface area contributed by atoms with Crippen LogP contribution in [0.2, 0.25) is 0 Å². The van der Waals surface area contributed by atoms with E-state index in [2.05, 4.69) is 32.9 Å². The van der Waals surface area contributed by atoms with Crippen LogP contribution in [0, 0.1) is 0 Å². The molecule has 0 saturated heterocycles. The first-order chi connectivity index (χ1) is 10.8. The lowest BCUT2D eigenvalue weighted by molar-refractivity contribution is 0.0529. The third kappa shape index (κ3) is 9.91. The quantitative estimate of drug-likeness (QED) is 0.258. The molecule has 9 heteroatoms. The molecule has 1 rings (SSSR count). The molecule has 3 N–H and O–H groups in total. The second kappa shape index (κ2) is 11.5. The number of guanidine groups is 1. The number of aromatic nitrogens is 1. The van der Waals surface area contributed by atoms with E-state index in [0.717, 1.165) is 11.4 Å². The lowest BCUT2D eigenvalue weighted by Gasteiger charge is -2.19. The molecule has 0 aliphatic rings. The summed E-state index contributed by atoms with van der Waals surface area (Å²) in [6.45, 7) is 9.24. The van der Waals surface area contributed by atoms with Crippen LogP contribution in [0.3, 0.4) is 0 Å². The van der Waals surface area contributed by atoms with Crippen molar-refractivity contribution in [3.8, 4) is 0 Å². The zero-order valence-electron chi connectivity index (χ0n) is 14.9. The van der Waals surface area contributed by atoms with Crippen LogP contribution in [-0.2, 0) is 17.7 Å². The Morgan fingerprint density at radius 2 is 1.96 bits per heavy atom. The van der Waals surface area contributed by atoms with E-state index in [1.165, 1.54) is 4.88 Å². The van der Waals surface area contributed by atoms with Crippen LogP contribution < -0.4 is 16.0 Å². The van der Waals surface area contributed by atoms with Crippen molar-refractivity contribution < 1.29 is 9.53 Å². The minimum atomic E-state index is -0.486. The second-order valence-electron chi connectivity index (χ2n) is 5.86. The molecule has 7 nitrogen and oxygen atoms in total. The third-order valence-corrected chi connectivity index (χ3v) is 3.81. The Hall–Kier alpha value is -1.10. The summed E-state index contributed by atoms with van der Waals surface area (Å²) in [5, 5.41) is 10.0. The fourth-order valence-corrected chi connectivity index (χ4v) is 2.43. The highest BCUT2D eigenvalue weighted by atomic mass is 127. The number of thiazole rings is 1. The molecule has 0 aliphatic heterocycles. The molecule has 0 bridgehead atoms. The van der Waals surface area contributed by atoms with Gasteiger partial charge >= 0.3 is 6.09 Å². The molecule has 0 aliphatic carbocycles. The van der Waals surface area contributed by atoms with Gasteiger partial charge in [-0.1, -0.05) is 6.92 Å². The van der Waals surface area contributed by atoms with Gasteiger partial charge < -0.3 is 20.7 Å². The number of halogens is 1. The summed E-state index contributed by atoms with van der Waals surface area (Å²) >= 11 is 1.69. The van der Waals surface area contributed by atoms with E-state index >= 15 is 0 Å². The van der Waals surface area contributed by atoms with E-state index in [9.17, 15) is 4.79 Å². The van der Waals surface area contributed by atoms with E-state index in [0.29, 0.717) is 25.6 Å². The summed E-state index contributed by atoms with van der Waals surface area (Å²) in [5.41, 5.74) is -0.486. The van der Waals surface area contributed by atoms with Gasteiger partial charge in [0, 0.05) is 31.2 Å². The zero-order chi connectivity index (χ0) is 17.3. The van der Waals surface area contributed by atoms with Crippen LogP contribution >= 0.6 is 35.3 Å². The highest BCUT2D eigenvalue weighted by molar-refractivity contribution is 14.0. The molecular weight excluding hydrogens is 441 g/mol. The Labute approximate surface area is 165 Å². The van der Waals surface area contributed by atoms with E-state index in [1.54, 1.807) is 18.4 Å². The Bertz CT molecular complexity index is 528. The number of aliphatic imine (C=N–C) groups is 1. The predicted octanol–water partition coefficient (Wildman–Crippen LogP) is 2.51. The summed E-state index contributed by atoms with van der Waals surface area (Å²) in [6.07, 6.45) is 2.49. The molecule has 1 aromatic heterocycles. The van der Waals surface area contributed by atoms with Crippen molar-refractivity contribution in [2.24, 2.45) is 4.99 Å². The van der Waals surface area contributed by atoms with Crippen molar-refractivity contribution in [3.05, 3.63) is 16.1 Å². The van der Waals surface area contributed by atoms with Gasteiger partial charge in [-0.25, -0.2) is 9.78 Å². The van der Waals surface area contributed by atoms with Gasteiger partial charge in [0.1, 0.15) is 10.6 Å². The summed E-state index contributed by atoms with van der Waals surface area (Å²) in [6, 6.07) is 0. The average molecular weight is 469 g/mol. The fraction of sp³-hybridized carbons (Fsp3) is 0.667. The third-order valence-electron chi connectivity index (χ3n) is 2.67. The molecule has 1 amide bonds. The number of hydrogen-bond acceptors (Lipinski definition) is 5. The fourth-order valence-electron chi connectivity index (χ4n) is 1.63. The van der Waals surface area contributed by atoms with E-state index in [4.69, 9.17) is 4.74 Å². The van der Waals surface area contributed by atoms with Crippen molar-refractivity contribution in [2.45, 2.75) is 46.3 Å². The summed E-state index contributed by atoms with van der Waals surface area (Å²) < 4.78 is 5.16. The van der Waals surface area contributed by atoms with Crippen LogP contribution in [-0.4, -0.2) is 42.8 Å². The molecular formula is C15H28IN5O2S. The number of hydrogen-bond donors (Lipinski definition) is 3. The molecule has 0 aromatic carbocycles. The highest BCUT2D eigenvalue weighted by Gasteiger charge is 2.15. The van der Waals surface area contributed by atoms with Crippen molar-refractivity contribution >= 4 is 47.4 Å². The molecule has 0 atom stereocenters. The SMILES string of the molecule is CCc1cnc(CNC(=NC)NCCNC(=O)OC(C)(C)C)s1.I. The maximum atomic E-state index is 11.5. The number of rotatable bonds is 6. The van der Waals surface area contributed by atoms with Gasteiger partial charge in [-0.3, -0.25) is 4.99 Å². The smallest absolute Gasteiger partial charge is 0.407 e. The van der Waals surface area contributed by atoms with E-state index < -0.39 is 11.7 Å². The minimum Gasteiger partial charge on any atom is -0.444 e. The van der Waals surface area contributed by atoms with Gasteiger partial charge in [0.2, 0.25) is 0 Å². The van der Waals surface area contributed by atoms with Gasteiger partial charge in [-0.15, -0.1) is 35.3 Å². The molecule has 0 saturated carbocycles. The number of alkyl carbamates (subject to hydrolysis) is 1. The van der Waals surface area contributed by atoms with Crippen molar-refractivity contribution in [1.82, 2.24) is 20.9 Å². The first kappa shape index (κ1) is 22.9. The maximum Gasteiger partial charge on any atom is 0.407 e. The largest absolute Gasteiger partial charge is 0.444 e. The van der Waals surface area contributed by atoms with Crippen molar-refractivity contribution in [3.63, 3.8) is 0 Å². The molecule has 0 fully saturated rings. The molecule has 0 radical (unpaired) electrons. The second-order valence-corrected chi connectivity index (χ2v) is 7.05. The van der Waals surface area contributed by atoms with Crippen LogP contribution in [0.4, 0.5) is 4.79 Å². The lowest BCUT2D eigenvalue weighted by Crippen LogP contribution is -2.42. The van der Waals surface area contributed by atoms with Crippen molar-refractivity contribution in [1.29, 1.82) is 0 Å². The van der Waals surface area contributed by atoms with Crippen LogP contribution in [0.15, 0.2) is 11.2 Å². The number of amides is 1. The van der Waals surface area contributed by atoms with Gasteiger partial charge in [-0.05, 0) is 27.2 Å². The molecule has 1 heterocycles. The molecule has 0 unspecified atom stereocenters. The maximum absolute atomic E-state index is 11.5. The first-order valence-corrected chi connectivity index (χ1v) is 8.50. The summed E-state index contributed by atoms with van der Waals surface area (Å²) in [5.74, 6) is 0.671. The molecule has 1 aromatic rings. The molecule has 24 heavy (non-hydrogen) atoms. The summed E-state index contributed by atoms with van der Waals surface area (Å²) in [4.78, 5) is 21.3. The number of nitrogens with one attached hydrogen (secondary N) is 3. The van der Waals surface area contributed by atoms with Crippen LogP contribution in [0.1, 0.15) is 37.6 Å². The summed E-state index contributed by atoms with van der Waals surface area (Å²) in [7, 11) is 1.70. The number of carbonyl (C=O) groups excluding carboxylic acids is 1. The lowest BCUT2D eigenvalue weighted by atomic mass is 10.2. The van der Waals surface area contributed by atoms with Gasteiger partial charge in [0.25, 0.3) is 0 Å². The standard InChI is InChI=1S/C15H27N5O2S.HI/c1-6-11-9-19-12(23-11)10-20-13(16-5)17-7-8-18-14(21)22-15(2,3)4;/h9H,6-8,10H2,1-5H3,(H,18,21)(H2,16,17,20);1H. The average Bonchev–Trinajstić information content (AvgIpc) is 2.92. The van der Waals surface area contributed by atoms with E-state index in [-0.39, 0.29) is 24.0 Å². The Morgan fingerprint density at radius 1 is 1.29 bits per heavy atom. The van der Waals surface area contributed by atoms with E-state index in [1.807, 2.05) is 27.0 Å². The number of ether oxygens (including phenoxy) is 1. The Kier molecular flexibility index (Phi) is 10.9. The molecule has 138 valence electrons. The van der Waals surface area contributed by atoms with Gasteiger partial charge in [0.15, 0.2) is 5.96 Å². The van der Waals surface area contributed by atoms with Crippen molar-refractivity contribution in [2.75, 3.05) is 20.1 Å². The monoisotopic (exact) mass is 469 g/mol. The number of aryl methyl sites for hydroxylation is 1. The zero-order valence-corrected chi connectivity index (χ0v) is 18.1. The topological polar surface area (TPSA) is 87.6 Å². The minimum absolute atomic E-state index is 0. The van der Waals surface area contributed by atoms with Crippen LogP contribution in [0.5, 0.6) is 0 Å². The number of carbonyl (C=O) groups is 1. The van der Waals surface area contributed by atoms with Crippen LogP contribution in [0.25, 0.3) is 0 Å². The Morgan fingerprint density at radius 3 is 2.50 bits per heavy atom. The van der Waals surface area contributed by atoms with Gasteiger partial charge in [-0.2, -0.15) is 0 Å². The number of nitrogens with zero attached hydrogens (tertiary/aromatic N) is 2. The van der Waals surface area contributed by atoms with Gasteiger partial charge in [0.05, 0.1) is 6.54 Å². The molecule has 0 spiro atoms. The normalized spacial score (nSPS) is 11.5. The predicted molar refractivity (Wildman–Crippen MR) is 109 cm³/mol. The highest BCUT2D eigenvalue weighted by Crippen LogP contribution is 2.12. The Balaban J connectivity index is 0.00000529. The first-order valence-electron chi connectivity index (χ1n) is 7.69.